The van der Waals surface area contributed by atoms with Gasteiger partial charge < -0.3 is 14.8 Å². The second kappa shape index (κ2) is 6.98. The lowest BCUT2D eigenvalue weighted by Gasteiger charge is -2.18. The standard InChI is InChI=1S/C16H20N2O3/c1-11(16(19)18-13-5-3-4-6-13)21-15-8-12(10-17)7-14(9-15)20-2/h7-9,11,13H,3-6H2,1-2H3,(H,18,19). The third-order valence-electron chi connectivity index (χ3n) is 3.63. The van der Waals surface area contributed by atoms with Crippen LogP contribution < -0.4 is 14.8 Å². The minimum absolute atomic E-state index is 0.122. The summed E-state index contributed by atoms with van der Waals surface area (Å²) in [7, 11) is 1.52. The molecule has 1 aliphatic carbocycles. The van der Waals surface area contributed by atoms with Gasteiger partial charge in [0.25, 0.3) is 5.91 Å². The number of methoxy groups -OCH3 is 1. The van der Waals surface area contributed by atoms with Crippen molar-refractivity contribution in [1.82, 2.24) is 5.32 Å². The number of hydrogen-bond donors (Lipinski definition) is 1. The first kappa shape index (κ1) is 15.2. The van der Waals surface area contributed by atoms with Crippen LogP contribution in [-0.2, 0) is 4.79 Å². The fourth-order valence-corrected chi connectivity index (χ4v) is 2.47. The fourth-order valence-electron chi connectivity index (χ4n) is 2.47. The molecule has 0 radical (unpaired) electrons. The summed E-state index contributed by atoms with van der Waals surface area (Å²) in [6, 6.07) is 7.20. The van der Waals surface area contributed by atoms with Gasteiger partial charge in [0, 0.05) is 12.1 Å². The molecule has 0 saturated heterocycles. The van der Waals surface area contributed by atoms with Crippen LogP contribution >= 0.6 is 0 Å². The molecule has 5 heteroatoms. The summed E-state index contributed by atoms with van der Waals surface area (Å²) in [4.78, 5) is 12.1. The van der Waals surface area contributed by atoms with Gasteiger partial charge in [0.05, 0.1) is 18.7 Å². The molecule has 0 heterocycles. The van der Waals surface area contributed by atoms with E-state index in [1.54, 1.807) is 25.1 Å². The minimum Gasteiger partial charge on any atom is -0.497 e. The zero-order chi connectivity index (χ0) is 15.2. The summed E-state index contributed by atoms with van der Waals surface area (Å²) >= 11 is 0. The number of amides is 1. The number of carbonyl (C=O) groups excluding carboxylic acids is 1. The van der Waals surface area contributed by atoms with Crippen molar-refractivity contribution in [2.24, 2.45) is 0 Å². The minimum atomic E-state index is -0.607. The molecule has 21 heavy (non-hydrogen) atoms. The van der Waals surface area contributed by atoms with Gasteiger partial charge in [-0.1, -0.05) is 12.8 Å². The maximum atomic E-state index is 12.1. The quantitative estimate of drug-likeness (QED) is 0.903. The molecule has 2 rings (SSSR count). The average molecular weight is 288 g/mol. The molecule has 5 nitrogen and oxygen atoms in total. The molecule has 0 aromatic heterocycles. The van der Waals surface area contributed by atoms with Crippen molar-refractivity contribution >= 4 is 5.91 Å². The molecular formula is C16H20N2O3. The summed E-state index contributed by atoms with van der Waals surface area (Å²) in [6.07, 6.45) is 3.81. The second-order valence-electron chi connectivity index (χ2n) is 5.26. The SMILES string of the molecule is COc1cc(C#N)cc(OC(C)C(=O)NC2CCCC2)c1. The molecule has 0 bridgehead atoms. The molecule has 1 amide bonds. The van der Waals surface area contributed by atoms with Crippen LogP contribution in [0.2, 0.25) is 0 Å². The molecule has 112 valence electrons. The molecule has 1 aliphatic rings. The normalized spacial score (nSPS) is 16.0. The Morgan fingerprint density at radius 3 is 2.62 bits per heavy atom. The summed E-state index contributed by atoms with van der Waals surface area (Å²) < 4.78 is 10.7. The van der Waals surface area contributed by atoms with Crippen LogP contribution in [0.1, 0.15) is 38.2 Å². The zero-order valence-electron chi connectivity index (χ0n) is 12.4. The van der Waals surface area contributed by atoms with Crippen molar-refractivity contribution in [2.45, 2.75) is 44.8 Å². The van der Waals surface area contributed by atoms with E-state index in [0.717, 1.165) is 12.8 Å². The highest BCUT2D eigenvalue weighted by Crippen LogP contribution is 2.23. The van der Waals surface area contributed by atoms with Crippen LogP contribution in [-0.4, -0.2) is 25.2 Å². The van der Waals surface area contributed by atoms with Crippen molar-refractivity contribution in [3.8, 4) is 17.6 Å². The molecule has 1 atom stereocenters. The predicted octanol–water partition coefficient (Wildman–Crippen LogP) is 2.39. The van der Waals surface area contributed by atoms with E-state index < -0.39 is 6.10 Å². The Morgan fingerprint density at radius 1 is 1.33 bits per heavy atom. The van der Waals surface area contributed by atoms with Gasteiger partial charge in [-0.25, -0.2) is 0 Å². The highest BCUT2D eigenvalue weighted by atomic mass is 16.5. The molecule has 0 aliphatic heterocycles. The highest BCUT2D eigenvalue weighted by molar-refractivity contribution is 5.81. The predicted molar refractivity (Wildman–Crippen MR) is 78.2 cm³/mol. The van der Waals surface area contributed by atoms with Crippen molar-refractivity contribution in [1.29, 1.82) is 5.26 Å². The van der Waals surface area contributed by atoms with Crippen LogP contribution in [0.25, 0.3) is 0 Å². The van der Waals surface area contributed by atoms with E-state index in [2.05, 4.69) is 5.32 Å². The number of rotatable bonds is 5. The van der Waals surface area contributed by atoms with Gasteiger partial charge in [-0.2, -0.15) is 5.26 Å². The first-order valence-corrected chi connectivity index (χ1v) is 7.18. The van der Waals surface area contributed by atoms with E-state index in [9.17, 15) is 4.79 Å². The summed E-state index contributed by atoms with van der Waals surface area (Å²) in [5, 5.41) is 12.0. The Labute approximate surface area is 124 Å². The molecule has 1 saturated carbocycles. The van der Waals surface area contributed by atoms with Crippen molar-refractivity contribution < 1.29 is 14.3 Å². The van der Waals surface area contributed by atoms with Crippen LogP contribution in [0, 0.1) is 11.3 Å². The van der Waals surface area contributed by atoms with Crippen molar-refractivity contribution in [2.75, 3.05) is 7.11 Å². The maximum absolute atomic E-state index is 12.1. The maximum Gasteiger partial charge on any atom is 0.260 e. The molecule has 1 unspecified atom stereocenters. The van der Waals surface area contributed by atoms with E-state index in [4.69, 9.17) is 14.7 Å². The van der Waals surface area contributed by atoms with Gasteiger partial charge >= 0.3 is 0 Å². The van der Waals surface area contributed by atoms with Gasteiger partial charge in [0.2, 0.25) is 0 Å². The zero-order valence-corrected chi connectivity index (χ0v) is 12.4. The Hall–Kier alpha value is -2.22. The molecule has 1 aromatic rings. The number of nitrogens with zero attached hydrogens (tertiary/aromatic N) is 1. The summed E-state index contributed by atoms with van der Waals surface area (Å²) in [5.41, 5.74) is 0.438. The lowest BCUT2D eigenvalue weighted by Crippen LogP contribution is -2.41. The van der Waals surface area contributed by atoms with Crippen LogP contribution in [0.4, 0.5) is 0 Å². The van der Waals surface area contributed by atoms with E-state index in [1.165, 1.54) is 20.0 Å². The molecule has 1 fully saturated rings. The number of ether oxygens (including phenoxy) is 2. The van der Waals surface area contributed by atoms with Crippen LogP contribution in [0.5, 0.6) is 11.5 Å². The van der Waals surface area contributed by atoms with Gasteiger partial charge in [-0.05, 0) is 31.9 Å². The number of benzene rings is 1. The second-order valence-corrected chi connectivity index (χ2v) is 5.26. The number of hydrogen-bond acceptors (Lipinski definition) is 4. The average Bonchev–Trinajstić information content (AvgIpc) is 2.99. The van der Waals surface area contributed by atoms with Gasteiger partial charge in [0.15, 0.2) is 6.10 Å². The van der Waals surface area contributed by atoms with E-state index in [0.29, 0.717) is 17.1 Å². The van der Waals surface area contributed by atoms with E-state index >= 15 is 0 Å². The molecule has 0 spiro atoms. The van der Waals surface area contributed by atoms with Crippen LogP contribution in [0.15, 0.2) is 18.2 Å². The first-order chi connectivity index (χ1) is 10.1. The molecule has 1 aromatic carbocycles. The molecule has 1 N–H and O–H groups in total. The lowest BCUT2D eigenvalue weighted by molar-refractivity contribution is -0.127. The van der Waals surface area contributed by atoms with E-state index in [-0.39, 0.29) is 11.9 Å². The Bertz CT molecular complexity index is 545. The van der Waals surface area contributed by atoms with Gasteiger partial charge in [-0.15, -0.1) is 0 Å². The number of nitriles is 1. The van der Waals surface area contributed by atoms with Crippen LogP contribution in [0.3, 0.4) is 0 Å². The first-order valence-electron chi connectivity index (χ1n) is 7.18. The Kier molecular flexibility index (Phi) is 5.04. The number of carbonyl (C=O) groups is 1. The topological polar surface area (TPSA) is 71.3 Å². The third kappa shape index (κ3) is 4.12. The Balaban J connectivity index is 1.99. The summed E-state index contributed by atoms with van der Waals surface area (Å²) in [6.45, 7) is 1.70. The van der Waals surface area contributed by atoms with Crippen molar-refractivity contribution in [3.05, 3.63) is 23.8 Å². The van der Waals surface area contributed by atoms with Gasteiger partial charge in [-0.3, -0.25) is 4.79 Å². The van der Waals surface area contributed by atoms with Gasteiger partial charge in [0.1, 0.15) is 11.5 Å². The van der Waals surface area contributed by atoms with Crippen molar-refractivity contribution in [3.63, 3.8) is 0 Å². The third-order valence-corrected chi connectivity index (χ3v) is 3.63. The smallest absolute Gasteiger partial charge is 0.260 e. The number of nitrogens with one attached hydrogen (secondary N) is 1. The Morgan fingerprint density at radius 2 is 2.00 bits per heavy atom. The lowest BCUT2D eigenvalue weighted by atomic mass is 10.2. The highest BCUT2D eigenvalue weighted by Gasteiger charge is 2.21. The fraction of sp³-hybridized carbons (Fsp3) is 0.500. The molecular weight excluding hydrogens is 268 g/mol. The summed E-state index contributed by atoms with van der Waals surface area (Å²) in [5.74, 6) is 0.871. The van der Waals surface area contributed by atoms with E-state index in [1.807, 2.05) is 6.07 Å². The largest absolute Gasteiger partial charge is 0.497 e. The monoisotopic (exact) mass is 288 g/mol.